The molecule has 0 radical (unpaired) electrons. The quantitative estimate of drug-likeness (QED) is 0.414. The molecule has 2 aromatic carbocycles. The van der Waals surface area contributed by atoms with E-state index in [1.165, 1.54) is 22.3 Å². The standard InChI is InChI=1S/C22H27N3O5S3/c1-24(2)14-15-25(20(26)13-8-16-33(29,30)17-9-5-4-6-10-17)22-23-21-18(31-22)11-7-12-19(21)32(3,27)28/h4-7,9-12H,8,13-16H2,1-3H3. The molecule has 0 N–H and O–H groups in total. The zero-order valence-electron chi connectivity index (χ0n) is 18.8. The van der Waals surface area contributed by atoms with Gasteiger partial charge >= 0.3 is 0 Å². The van der Waals surface area contributed by atoms with Gasteiger partial charge in [0.05, 0.1) is 20.2 Å². The van der Waals surface area contributed by atoms with Crippen LogP contribution in [0.25, 0.3) is 10.2 Å². The highest BCUT2D eigenvalue weighted by Crippen LogP contribution is 2.33. The fraction of sp³-hybridized carbons (Fsp3) is 0.364. The van der Waals surface area contributed by atoms with E-state index in [1.807, 2.05) is 19.0 Å². The predicted octanol–water partition coefficient (Wildman–Crippen LogP) is 2.85. The van der Waals surface area contributed by atoms with Gasteiger partial charge in [0.25, 0.3) is 0 Å². The van der Waals surface area contributed by atoms with Gasteiger partial charge in [0.1, 0.15) is 5.52 Å². The molecule has 3 rings (SSSR count). The molecule has 178 valence electrons. The lowest BCUT2D eigenvalue weighted by Gasteiger charge is -2.22. The molecule has 0 aliphatic carbocycles. The smallest absolute Gasteiger partial charge is 0.228 e. The molecule has 0 aliphatic heterocycles. The van der Waals surface area contributed by atoms with Crippen molar-refractivity contribution >= 4 is 52.3 Å². The Morgan fingerprint density at radius 2 is 1.67 bits per heavy atom. The number of rotatable bonds is 10. The highest BCUT2D eigenvalue weighted by molar-refractivity contribution is 7.91. The molecule has 1 heterocycles. The van der Waals surface area contributed by atoms with E-state index in [-0.39, 0.29) is 34.3 Å². The average Bonchev–Trinajstić information content (AvgIpc) is 3.17. The summed E-state index contributed by atoms with van der Waals surface area (Å²) in [6.07, 6.45) is 1.34. The lowest BCUT2D eigenvalue weighted by molar-refractivity contribution is -0.118. The maximum absolute atomic E-state index is 13.1. The van der Waals surface area contributed by atoms with E-state index in [9.17, 15) is 21.6 Å². The van der Waals surface area contributed by atoms with E-state index < -0.39 is 19.7 Å². The molecule has 33 heavy (non-hydrogen) atoms. The maximum Gasteiger partial charge on any atom is 0.228 e. The summed E-state index contributed by atoms with van der Waals surface area (Å²) in [5.74, 6) is -0.386. The molecule has 0 saturated heterocycles. The maximum atomic E-state index is 13.1. The summed E-state index contributed by atoms with van der Waals surface area (Å²) >= 11 is 1.24. The van der Waals surface area contributed by atoms with Crippen molar-refractivity contribution in [3.8, 4) is 0 Å². The number of sulfone groups is 2. The van der Waals surface area contributed by atoms with Crippen molar-refractivity contribution in [2.24, 2.45) is 0 Å². The van der Waals surface area contributed by atoms with Gasteiger partial charge in [-0.05, 0) is 44.8 Å². The Labute approximate surface area is 198 Å². The zero-order chi connectivity index (χ0) is 24.2. The number of aromatic nitrogens is 1. The van der Waals surface area contributed by atoms with Crippen LogP contribution in [0.2, 0.25) is 0 Å². The monoisotopic (exact) mass is 509 g/mol. The number of likely N-dealkylation sites (N-methyl/N-ethyl adjacent to an activating group) is 1. The third kappa shape index (κ3) is 6.38. The van der Waals surface area contributed by atoms with Crippen molar-refractivity contribution in [3.05, 3.63) is 48.5 Å². The van der Waals surface area contributed by atoms with Crippen LogP contribution in [-0.4, -0.2) is 71.8 Å². The number of hydrogen-bond acceptors (Lipinski definition) is 8. The van der Waals surface area contributed by atoms with Crippen LogP contribution in [0.15, 0.2) is 58.3 Å². The van der Waals surface area contributed by atoms with Gasteiger partial charge in [-0.15, -0.1) is 0 Å². The molecule has 0 saturated carbocycles. The van der Waals surface area contributed by atoms with Gasteiger partial charge < -0.3 is 4.90 Å². The van der Waals surface area contributed by atoms with Crippen LogP contribution < -0.4 is 4.90 Å². The number of fused-ring (bicyclic) bond motifs is 1. The third-order valence-corrected chi connectivity index (χ3v) is 8.97. The van der Waals surface area contributed by atoms with Gasteiger partial charge in [-0.2, -0.15) is 0 Å². The minimum atomic E-state index is -3.48. The minimum absolute atomic E-state index is 0.0361. The van der Waals surface area contributed by atoms with E-state index >= 15 is 0 Å². The Morgan fingerprint density at radius 1 is 0.970 bits per heavy atom. The van der Waals surface area contributed by atoms with Crippen molar-refractivity contribution in [2.75, 3.05) is 44.1 Å². The molecule has 8 nitrogen and oxygen atoms in total. The number of anilines is 1. The molecule has 0 unspecified atom stereocenters. The van der Waals surface area contributed by atoms with Crippen LogP contribution in [0.5, 0.6) is 0 Å². The van der Waals surface area contributed by atoms with Crippen LogP contribution in [-0.2, 0) is 24.5 Å². The van der Waals surface area contributed by atoms with Crippen LogP contribution in [0.4, 0.5) is 5.13 Å². The Bertz CT molecular complexity index is 1330. The van der Waals surface area contributed by atoms with Crippen molar-refractivity contribution < 1.29 is 21.6 Å². The van der Waals surface area contributed by atoms with Crippen LogP contribution in [0.3, 0.4) is 0 Å². The Hall–Kier alpha value is -2.34. The van der Waals surface area contributed by atoms with Crippen LogP contribution >= 0.6 is 11.3 Å². The topological polar surface area (TPSA) is 105 Å². The molecule has 0 spiro atoms. The van der Waals surface area contributed by atoms with Crippen LogP contribution in [0.1, 0.15) is 12.8 Å². The predicted molar refractivity (Wildman–Crippen MR) is 131 cm³/mol. The summed E-state index contributed by atoms with van der Waals surface area (Å²) in [4.78, 5) is 21.4. The van der Waals surface area contributed by atoms with Crippen LogP contribution in [0, 0.1) is 0 Å². The molecule has 1 amide bonds. The molecular weight excluding hydrogens is 482 g/mol. The van der Waals surface area contributed by atoms with E-state index in [2.05, 4.69) is 4.98 Å². The molecule has 0 bridgehead atoms. The molecule has 1 aromatic heterocycles. The summed E-state index contributed by atoms with van der Waals surface area (Å²) in [5, 5.41) is 0.402. The number of amides is 1. The molecule has 3 aromatic rings. The Kier molecular flexibility index (Phi) is 7.88. The second-order valence-corrected chi connectivity index (χ2v) is 13.1. The largest absolute Gasteiger partial charge is 0.308 e. The number of benzene rings is 2. The molecular formula is C22H27N3O5S3. The van der Waals surface area contributed by atoms with E-state index in [0.717, 1.165) is 6.26 Å². The SMILES string of the molecule is CN(C)CCN(C(=O)CCCS(=O)(=O)c1ccccc1)c1nc2c(S(C)(=O)=O)cccc2s1. The molecule has 0 aliphatic rings. The summed E-state index contributed by atoms with van der Waals surface area (Å²) in [6.45, 7) is 0.925. The molecule has 0 fully saturated rings. The van der Waals surface area contributed by atoms with Gasteiger partial charge in [0.15, 0.2) is 24.8 Å². The van der Waals surface area contributed by atoms with Crippen molar-refractivity contribution in [1.29, 1.82) is 0 Å². The van der Waals surface area contributed by atoms with E-state index in [4.69, 9.17) is 0 Å². The fourth-order valence-electron chi connectivity index (χ4n) is 3.25. The summed E-state index contributed by atoms with van der Waals surface area (Å²) in [7, 11) is -3.18. The Balaban J connectivity index is 1.82. The lowest BCUT2D eigenvalue weighted by atomic mass is 10.3. The van der Waals surface area contributed by atoms with Gasteiger partial charge in [-0.25, -0.2) is 21.8 Å². The second kappa shape index (κ2) is 10.3. The number of thiazole rings is 1. The number of para-hydroxylation sites is 1. The number of carbonyl (C=O) groups is 1. The summed E-state index contributed by atoms with van der Waals surface area (Å²) < 4.78 is 50.0. The number of carbonyl (C=O) groups excluding carboxylic acids is 1. The fourth-order valence-corrected chi connectivity index (χ4v) is 6.51. The van der Waals surface area contributed by atoms with Crippen molar-refractivity contribution in [1.82, 2.24) is 9.88 Å². The normalized spacial score (nSPS) is 12.4. The first-order valence-corrected chi connectivity index (χ1v) is 14.7. The van der Waals surface area contributed by atoms with E-state index in [0.29, 0.717) is 28.4 Å². The summed E-state index contributed by atoms with van der Waals surface area (Å²) in [5.41, 5.74) is 0.342. The van der Waals surface area contributed by atoms with Gasteiger partial charge in [-0.1, -0.05) is 35.6 Å². The summed E-state index contributed by atoms with van der Waals surface area (Å²) in [6, 6.07) is 13.1. The molecule has 11 heteroatoms. The lowest BCUT2D eigenvalue weighted by Crippen LogP contribution is -2.36. The minimum Gasteiger partial charge on any atom is -0.308 e. The first-order valence-electron chi connectivity index (χ1n) is 10.3. The second-order valence-electron chi connectivity index (χ2n) is 7.96. The van der Waals surface area contributed by atoms with Gasteiger partial charge in [0, 0.05) is 25.8 Å². The van der Waals surface area contributed by atoms with E-state index in [1.54, 1.807) is 42.5 Å². The van der Waals surface area contributed by atoms with Gasteiger partial charge in [0.2, 0.25) is 5.91 Å². The van der Waals surface area contributed by atoms with Gasteiger partial charge in [-0.3, -0.25) is 9.69 Å². The third-order valence-electron chi connectivity index (χ3n) is 4.98. The van der Waals surface area contributed by atoms with Crippen molar-refractivity contribution in [2.45, 2.75) is 22.6 Å². The zero-order valence-corrected chi connectivity index (χ0v) is 21.2. The number of hydrogen-bond donors (Lipinski definition) is 0. The van der Waals surface area contributed by atoms with Crippen molar-refractivity contribution in [3.63, 3.8) is 0 Å². The Morgan fingerprint density at radius 3 is 2.30 bits per heavy atom. The highest BCUT2D eigenvalue weighted by Gasteiger charge is 2.23. The number of nitrogens with zero attached hydrogens (tertiary/aromatic N) is 3. The average molecular weight is 510 g/mol. The first-order chi connectivity index (χ1) is 15.5. The molecule has 0 atom stereocenters. The highest BCUT2D eigenvalue weighted by atomic mass is 32.2. The first kappa shape index (κ1) is 25.3.